The molecular weight excluding hydrogens is 316 g/mol. The van der Waals surface area contributed by atoms with Crippen molar-refractivity contribution < 1.29 is 8.42 Å². The van der Waals surface area contributed by atoms with Crippen LogP contribution in [0.4, 0.5) is 5.69 Å². The maximum absolute atomic E-state index is 12.3. The van der Waals surface area contributed by atoms with Crippen LogP contribution in [-0.4, -0.2) is 15.5 Å². The predicted molar refractivity (Wildman–Crippen MR) is 84.1 cm³/mol. The molecule has 0 unspecified atom stereocenters. The van der Waals surface area contributed by atoms with Crippen LogP contribution in [0.25, 0.3) is 0 Å². The van der Waals surface area contributed by atoms with Crippen LogP contribution in [0.2, 0.25) is 5.02 Å². The van der Waals surface area contributed by atoms with Gasteiger partial charge in [-0.3, -0.25) is 4.72 Å². The molecule has 0 saturated carbocycles. The molecule has 7 heteroatoms. The minimum absolute atomic E-state index is 0.278. The molecule has 0 saturated heterocycles. The van der Waals surface area contributed by atoms with Crippen molar-refractivity contribution in [2.24, 2.45) is 0 Å². The lowest BCUT2D eigenvalue weighted by Gasteiger charge is -2.08. The van der Waals surface area contributed by atoms with Crippen LogP contribution in [0.3, 0.4) is 0 Å². The highest BCUT2D eigenvalue weighted by atomic mass is 35.5. The third kappa shape index (κ3) is 3.52. The maximum atomic E-state index is 12.3. The highest BCUT2D eigenvalue weighted by Crippen LogP contribution is 2.28. The molecule has 0 bridgehead atoms. The first-order chi connectivity index (χ1) is 9.42. The lowest BCUT2D eigenvalue weighted by atomic mass is 10.2. The molecule has 0 aliphatic rings. The summed E-state index contributed by atoms with van der Waals surface area (Å²) in [6, 6.07) is 8.62. The van der Waals surface area contributed by atoms with Gasteiger partial charge in [0.05, 0.1) is 10.7 Å². The Morgan fingerprint density at radius 1 is 1.25 bits per heavy atom. The topological polar surface area (TPSA) is 58.2 Å². The van der Waals surface area contributed by atoms with Crippen molar-refractivity contribution >= 4 is 38.6 Å². The second-order valence-corrected chi connectivity index (χ2v) is 7.82. The molecule has 2 rings (SSSR count). The number of halogens is 1. The molecule has 0 radical (unpaired) electrons. The van der Waals surface area contributed by atoms with Crippen LogP contribution >= 0.6 is 22.9 Å². The number of benzene rings is 1. The predicted octanol–water partition coefficient (Wildman–Crippen LogP) is 3.23. The highest BCUT2D eigenvalue weighted by Gasteiger charge is 2.18. The largest absolute Gasteiger partial charge is 0.315 e. The van der Waals surface area contributed by atoms with Gasteiger partial charge in [0.2, 0.25) is 0 Å². The van der Waals surface area contributed by atoms with E-state index in [1.54, 1.807) is 24.3 Å². The Morgan fingerprint density at radius 2 is 2.00 bits per heavy atom. The van der Waals surface area contributed by atoms with Crippen LogP contribution < -0.4 is 10.0 Å². The molecule has 0 fully saturated rings. The molecule has 2 N–H and O–H groups in total. The molecule has 20 heavy (non-hydrogen) atoms. The van der Waals surface area contributed by atoms with Gasteiger partial charge in [0, 0.05) is 11.4 Å². The van der Waals surface area contributed by atoms with Gasteiger partial charge < -0.3 is 5.32 Å². The zero-order valence-electron chi connectivity index (χ0n) is 11.1. The molecule has 0 spiro atoms. The van der Waals surface area contributed by atoms with Crippen molar-refractivity contribution in [3.8, 4) is 0 Å². The van der Waals surface area contributed by atoms with E-state index < -0.39 is 10.0 Å². The van der Waals surface area contributed by atoms with E-state index >= 15 is 0 Å². The Labute approximate surface area is 127 Å². The molecule has 0 atom stereocenters. The smallest absolute Gasteiger partial charge is 0.271 e. The van der Waals surface area contributed by atoms with E-state index in [1.807, 2.05) is 20.0 Å². The summed E-state index contributed by atoms with van der Waals surface area (Å²) in [5.41, 5.74) is 1.34. The average molecular weight is 331 g/mol. The summed E-state index contributed by atoms with van der Waals surface area (Å²) in [6.45, 7) is 2.52. The Balaban J connectivity index is 2.28. The number of rotatable bonds is 5. The van der Waals surface area contributed by atoms with Crippen LogP contribution in [-0.2, 0) is 16.6 Å². The molecule has 1 heterocycles. The van der Waals surface area contributed by atoms with Gasteiger partial charge in [0.25, 0.3) is 10.0 Å². The van der Waals surface area contributed by atoms with Crippen molar-refractivity contribution in [1.29, 1.82) is 0 Å². The molecule has 0 aliphatic carbocycles. The Kier molecular flexibility index (Phi) is 4.70. The fourth-order valence-electron chi connectivity index (χ4n) is 1.68. The van der Waals surface area contributed by atoms with Crippen LogP contribution in [0.5, 0.6) is 0 Å². The third-order valence-corrected chi connectivity index (χ3v) is 5.89. The molecule has 2 aromatic rings. The van der Waals surface area contributed by atoms with Gasteiger partial charge in [-0.15, -0.1) is 11.3 Å². The molecule has 0 aliphatic heterocycles. The summed E-state index contributed by atoms with van der Waals surface area (Å²) >= 11 is 7.25. The quantitative estimate of drug-likeness (QED) is 0.885. The van der Waals surface area contributed by atoms with Crippen LogP contribution in [0.1, 0.15) is 10.4 Å². The zero-order valence-corrected chi connectivity index (χ0v) is 13.5. The molecule has 0 amide bonds. The van der Waals surface area contributed by atoms with Crippen molar-refractivity contribution in [2.75, 3.05) is 11.8 Å². The Morgan fingerprint density at radius 3 is 2.70 bits per heavy atom. The number of sulfonamides is 1. The first-order valence-corrected chi connectivity index (χ1v) is 8.62. The van der Waals surface area contributed by atoms with Crippen molar-refractivity contribution in [3.63, 3.8) is 0 Å². The minimum atomic E-state index is -3.59. The zero-order chi connectivity index (χ0) is 14.8. The summed E-state index contributed by atoms with van der Waals surface area (Å²) in [5, 5.41) is 3.37. The van der Waals surface area contributed by atoms with Gasteiger partial charge in [-0.2, -0.15) is 0 Å². The highest BCUT2D eigenvalue weighted by molar-refractivity contribution is 7.94. The normalized spacial score (nSPS) is 11.6. The van der Waals surface area contributed by atoms with E-state index in [1.165, 1.54) is 11.3 Å². The van der Waals surface area contributed by atoms with Gasteiger partial charge in [0.15, 0.2) is 0 Å². The number of aryl methyl sites for hydroxylation is 1. The molecule has 4 nitrogen and oxygen atoms in total. The van der Waals surface area contributed by atoms with E-state index in [2.05, 4.69) is 10.0 Å². The lowest BCUT2D eigenvalue weighted by molar-refractivity contribution is 0.603. The number of nitrogens with one attached hydrogen (secondary N) is 2. The van der Waals surface area contributed by atoms with Gasteiger partial charge in [-0.25, -0.2) is 8.42 Å². The Bertz CT molecular complexity index is 711. The summed E-state index contributed by atoms with van der Waals surface area (Å²) in [6.07, 6.45) is 0. The molecule has 1 aromatic carbocycles. The average Bonchev–Trinajstić information content (AvgIpc) is 2.83. The summed E-state index contributed by atoms with van der Waals surface area (Å²) in [7, 11) is -1.78. The maximum Gasteiger partial charge on any atom is 0.271 e. The lowest BCUT2D eigenvalue weighted by Crippen LogP contribution is -2.12. The number of hydrogen-bond acceptors (Lipinski definition) is 4. The first-order valence-electron chi connectivity index (χ1n) is 5.94. The van der Waals surface area contributed by atoms with E-state index in [9.17, 15) is 8.42 Å². The second kappa shape index (κ2) is 6.13. The van der Waals surface area contributed by atoms with Gasteiger partial charge in [0.1, 0.15) is 4.21 Å². The fourth-order valence-corrected chi connectivity index (χ4v) is 4.34. The standard InChI is InChI=1S/C13H15ClN2O2S2/c1-9-3-5-11(14)12(7-9)16-20(17,18)13-6-4-10(19-13)8-15-2/h3-7,15-16H,8H2,1-2H3. The van der Waals surface area contributed by atoms with E-state index in [0.29, 0.717) is 17.3 Å². The van der Waals surface area contributed by atoms with Crippen molar-refractivity contribution in [1.82, 2.24) is 5.32 Å². The van der Waals surface area contributed by atoms with E-state index in [-0.39, 0.29) is 4.21 Å². The summed E-state index contributed by atoms with van der Waals surface area (Å²) in [5.74, 6) is 0. The van der Waals surface area contributed by atoms with Crippen molar-refractivity contribution in [3.05, 3.63) is 45.8 Å². The SMILES string of the molecule is CNCc1ccc(S(=O)(=O)Nc2cc(C)ccc2Cl)s1. The van der Waals surface area contributed by atoms with E-state index in [0.717, 1.165) is 10.4 Å². The molecule has 1 aromatic heterocycles. The summed E-state index contributed by atoms with van der Waals surface area (Å²) < 4.78 is 27.4. The monoisotopic (exact) mass is 330 g/mol. The summed E-state index contributed by atoms with van der Waals surface area (Å²) in [4.78, 5) is 0.961. The second-order valence-electron chi connectivity index (χ2n) is 4.34. The van der Waals surface area contributed by atoms with Gasteiger partial charge >= 0.3 is 0 Å². The van der Waals surface area contributed by atoms with Crippen LogP contribution in [0, 0.1) is 6.92 Å². The number of thiophene rings is 1. The third-order valence-electron chi connectivity index (χ3n) is 2.62. The fraction of sp³-hybridized carbons (Fsp3) is 0.231. The van der Waals surface area contributed by atoms with Gasteiger partial charge in [-0.05, 0) is 43.8 Å². The minimum Gasteiger partial charge on any atom is -0.315 e. The molecular formula is C13H15ClN2O2S2. The Hall–Kier alpha value is -1.08. The molecule has 108 valence electrons. The number of anilines is 1. The van der Waals surface area contributed by atoms with Crippen molar-refractivity contribution in [2.45, 2.75) is 17.7 Å². The van der Waals surface area contributed by atoms with Gasteiger partial charge in [-0.1, -0.05) is 17.7 Å². The number of hydrogen-bond donors (Lipinski definition) is 2. The van der Waals surface area contributed by atoms with Crippen LogP contribution in [0.15, 0.2) is 34.5 Å². The van der Waals surface area contributed by atoms with E-state index in [4.69, 9.17) is 11.6 Å². The first kappa shape index (κ1) is 15.3.